The van der Waals surface area contributed by atoms with Crippen molar-refractivity contribution in [3.05, 3.63) is 41.5 Å². The van der Waals surface area contributed by atoms with Crippen molar-refractivity contribution in [2.24, 2.45) is 0 Å². The van der Waals surface area contributed by atoms with Gasteiger partial charge in [0.05, 0.1) is 18.8 Å². The van der Waals surface area contributed by atoms with Crippen LogP contribution in [0.1, 0.15) is 30.6 Å². The Morgan fingerprint density at radius 1 is 1.37 bits per heavy atom. The van der Waals surface area contributed by atoms with Crippen molar-refractivity contribution >= 4 is 17.6 Å². The first-order chi connectivity index (χ1) is 12.9. The molecule has 0 saturated carbocycles. The molecule has 0 saturated heterocycles. The van der Waals surface area contributed by atoms with Gasteiger partial charge in [-0.05, 0) is 19.4 Å². The van der Waals surface area contributed by atoms with Crippen LogP contribution in [0.3, 0.4) is 0 Å². The summed E-state index contributed by atoms with van der Waals surface area (Å²) in [7, 11) is 1.65. The highest BCUT2D eigenvalue weighted by molar-refractivity contribution is 5.88. The van der Waals surface area contributed by atoms with E-state index in [0.29, 0.717) is 18.0 Å². The van der Waals surface area contributed by atoms with Gasteiger partial charge in [-0.15, -0.1) is 0 Å². The lowest BCUT2D eigenvalue weighted by Gasteiger charge is -2.18. The molecule has 3 heterocycles. The van der Waals surface area contributed by atoms with Crippen LogP contribution in [0, 0.1) is 6.92 Å². The number of quaternary nitrogens is 1. The number of nitrogens with two attached hydrogens (primary N) is 1. The Morgan fingerprint density at radius 3 is 2.67 bits per heavy atom. The molecular weight excluding hydrogens is 352 g/mol. The first-order valence-electron chi connectivity index (χ1n) is 8.45. The summed E-state index contributed by atoms with van der Waals surface area (Å²) in [6.45, 7) is 5.17. The van der Waals surface area contributed by atoms with Crippen LogP contribution in [0.4, 0.5) is 5.69 Å². The van der Waals surface area contributed by atoms with Gasteiger partial charge in [0.25, 0.3) is 0 Å². The monoisotopic (exact) mass is 374 g/mol. The Morgan fingerprint density at radius 2 is 2.11 bits per heavy atom. The third kappa shape index (κ3) is 4.91. The molecule has 0 atom stereocenters. The average molecular weight is 374 g/mol. The van der Waals surface area contributed by atoms with E-state index in [0.717, 1.165) is 42.4 Å². The first kappa shape index (κ1) is 20.1. The zero-order valence-corrected chi connectivity index (χ0v) is 15.4. The highest BCUT2D eigenvalue weighted by atomic mass is 16.5. The highest BCUT2D eigenvalue weighted by Crippen LogP contribution is 2.26. The molecule has 3 rings (SSSR count). The lowest BCUT2D eigenvalue weighted by Crippen LogP contribution is -2.78. The van der Waals surface area contributed by atoms with E-state index < -0.39 is 11.9 Å². The Labute approximate surface area is 156 Å². The highest BCUT2D eigenvalue weighted by Gasteiger charge is 2.26. The Balaban J connectivity index is 0.000000279. The maximum Gasteiger partial charge on any atom is 0.328 e. The van der Waals surface area contributed by atoms with E-state index in [2.05, 4.69) is 34.8 Å². The number of aliphatic carboxylic acids is 2. The van der Waals surface area contributed by atoms with E-state index in [1.165, 1.54) is 5.69 Å². The summed E-state index contributed by atoms with van der Waals surface area (Å²) >= 11 is 0. The average Bonchev–Trinajstić information content (AvgIpc) is 2.96. The molecule has 0 spiro atoms. The topological polar surface area (TPSA) is 134 Å². The van der Waals surface area contributed by atoms with Gasteiger partial charge in [-0.2, -0.15) is 4.98 Å². The number of hydrogen-bond donors (Lipinski definition) is 2. The normalized spacial score (nSPS) is 12.0. The van der Waals surface area contributed by atoms with Crippen LogP contribution in [-0.4, -0.2) is 38.7 Å². The second-order valence-corrected chi connectivity index (χ2v) is 5.81. The van der Waals surface area contributed by atoms with Crippen LogP contribution >= 0.6 is 0 Å². The number of fused-ring (bicyclic) bond motifs is 3. The largest absolute Gasteiger partial charge is 0.545 e. The number of methoxy groups -OCH3 is 1. The van der Waals surface area contributed by atoms with E-state index in [1.807, 2.05) is 6.07 Å². The van der Waals surface area contributed by atoms with E-state index >= 15 is 0 Å². The SMILES string of the molecule is CCCc1nc(C)c2n1-c1nc(OC)ccc1[NH2+]C2.O=C([O-])/C=C/C(=O)O. The van der Waals surface area contributed by atoms with Crippen molar-refractivity contribution in [3.8, 4) is 11.7 Å². The molecule has 1 aliphatic rings. The van der Waals surface area contributed by atoms with E-state index in [9.17, 15) is 14.7 Å². The van der Waals surface area contributed by atoms with E-state index in [-0.39, 0.29) is 0 Å². The number of carboxylic acid groups (broad SMARTS) is 2. The second-order valence-electron chi connectivity index (χ2n) is 5.81. The number of carbonyl (C=O) groups is 2. The van der Waals surface area contributed by atoms with Crippen molar-refractivity contribution < 1.29 is 29.9 Å². The third-order valence-electron chi connectivity index (χ3n) is 3.89. The number of hydrogen-bond acceptors (Lipinski definition) is 6. The van der Waals surface area contributed by atoms with Crippen molar-refractivity contribution in [1.82, 2.24) is 14.5 Å². The molecule has 0 aromatic carbocycles. The molecule has 1 aliphatic heterocycles. The summed E-state index contributed by atoms with van der Waals surface area (Å²) in [5, 5.41) is 19.4. The summed E-state index contributed by atoms with van der Waals surface area (Å²) in [6, 6.07) is 3.97. The van der Waals surface area contributed by atoms with Gasteiger partial charge in [0.1, 0.15) is 18.1 Å². The van der Waals surface area contributed by atoms with Gasteiger partial charge < -0.3 is 25.1 Å². The maximum atomic E-state index is 9.53. The van der Waals surface area contributed by atoms with Crippen LogP contribution in [0.5, 0.6) is 5.88 Å². The molecule has 0 fully saturated rings. The quantitative estimate of drug-likeness (QED) is 0.682. The fourth-order valence-corrected chi connectivity index (χ4v) is 2.75. The molecule has 2 aromatic rings. The Kier molecular flexibility index (Phi) is 6.67. The molecule has 0 bridgehead atoms. The number of imidazole rings is 1. The predicted octanol–water partition coefficient (Wildman–Crippen LogP) is -0.378. The lowest BCUT2D eigenvalue weighted by atomic mass is 10.2. The minimum atomic E-state index is -1.51. The van der Waals surface area contributed by atoms with Gasteiger partial charge in [0.15, 0.2) is 5.69 Å². The van der Waals surface area contributed by atoms with Crippen LogP contribution in [0.25, 0.3) is 5.82 Å². The number of aryl methyl sites for hydroxylation is 2. The Hall–Kier alpha value is -3.20. The van der Waals surface area contributed by atoms with Crippen molar-refractivity contribution in [2.75, 3.05) is 7.11 Å². The minimum Gasteiger partial charge on any atom is -0.545 e. The minimum absolute atomic E-state index is 0.447. The fraction of sp³-hybridized carbons (Fsp3) is 0.333. The predicted molar refractivity (Wildman–Crippen MR) is 93.7 cm³/mol. The molecule has 144 valence electrons. The van der Waals surface area contributed by atoms with E-state index in [4.69, 9.17) is 14.8 Å². The van der Waals surface area contributed by atoms with Gasteiger partial charge in [0, 0.05) is 24.6 Å². The molecule has 0 aliphatic carbocycles. The van der Waals surface area contributed by atoms with E-state index in [1.54, 1.807) is 7.11 Å². The molecule has 2 aromatic heterocycles. The summed E-state index contributed by atoms with van der Waals surface area (Å²) in [6.07, 6.45) is 3.00. The number of aromatic nitrogens is 3. The van der Waals surface area contributed by atoms with Crippen LogP contribution < -0.4 is 15.2 Å². The fourth-order valence-electron chi connectivity index (χ4n) is 2.75. The van der Waals surface area contributed by atoms with Crippen LogP contribution in [-0.2, 0) is 22.6 Å². The number of rotatable bonds is 5. The molecule has 3 N–H and O–H groups in total. The second kappa shape index (κ2) is 8.95. The maximum absolute atomic E-state index is 9.53. The molecule has 0 unspecified atom stereocenters. The van der Waals surface area contributed by atoms with Gasteiger partial charge >= 0.3 is 5.97 Å². The van der Waals surface area contributed by atoms with Gasteiger partial charge in [0.2, 0.25) is 11.7 Å². The zero-order chi connectivity index (χ0) is 20.0. The summed E-state index contributed by atoms with van der Waals surface area (Å²) in [5.41, 5.74) is 3.51. The number of carbonyl (C=O) groups excluding carboxylic acids is 1. The summed E-state index contributed by atoms with van der Waals surface area (Å²) < 4.78 is 7.45. The summed E-state index contributed by atoms with van der Waals surface area (Å²) in [5.74, 6) is -0.106. The standard InChI is InChI=1S/C14H18N4O.C4H4O4/c1-4-5-12-16-9(2)11-8-15-10-6-7-13(19-3)17-14(10)18(11)12;5-3(6)1-2-4(7)8/h6-7,15H,4-5,8H2,1-3H3;1-2H,(H,5,6)(H,7,8)/b;2-1+. The first-order valence-corrected chi connectivity index (χ1v) is 8.45. The van der Waals surface area contributed by atoms with Crippen molar-refractivity contribution in [1.29, 1.82) is 0 Å². The number of nitrogens with zero attached hydrogens (tertiary/aromatic N) is 3. The molecule has 9 heteroatoms. The Bertz CT molecular complexity index is 857. The number of carboxylic acids is 2. The van der Waals surface area contributed by atoms with Gasteiger partial charge in [-0.1, -0.05) is 6.92 Å². The number of pyridine rings is 1. The van der Waals surface area contributed by atoms with Crippen LogP contribution in [0.15, 0.2) is 24.3 Å². The molecule has 0 radical (unpaired) electrons. The lowest BCUT2D eigenvalue weighted by molar-refractivity contribution is -0.591. The molecular formula is C18H22N4O5. The van der Waals surface area contributed by atoms with Crippen LogP contribution in [0.2, 0.25) is 0 Å². The third-order valence-corrected chi connectivity index (χ3v) is 3.89. The number of ether oxygens (including phenoxy) is 1. The summed E-state index contributed by atoms with van der Waals surface area (Å²) in [4.78, 5) is 28.3. The zero-order valence-electron chi connectivity index (χ0n) is 15.4. The molecule has 27 heavy (non-hydrogen) atoms. The van der Waals surface area contributed by atoms with Crippen molar-refractivity contribution in [2.45, 2.75) is 33.2 Å². The smallest absolute Gasteiger partial charge is 0.328 e. The van der Waals surface area contributed by atoms with Gasteiger partial charge in [-0.25, -0.2) is 9.78 Å². The molecule has 9 nitrogen and oxygen atoms in total. The van der Waals surface area contributed by atoms with Gasteiger partial charge in [-0.3, -0.25) is 4.57 Å². The van der Waals surface area contributed by atoms with Crippen molar-refractivity contribution in [3.63, 3.8) is 0 Å². The molecule has 0 amide bonds.